The summed E-state index contributed by atoms with van der Waals surface area (Å²) in [6.45, 7) is 0. The maximum absolute atomic E-state index is 10.7. The van der Waals surface area contributed by atoms with Crippen molar-refractivity contribution in [3.8, 4) is 5.75 Å². The first-order valence-electron chi connectivity index (χ1n) is 8.52. The standard InChI is InChI=1S/C20H25NO2S/c1-24-19-13-15(8-12-18(19)22)20(23)17-11-10-16(21-17)9-7-14-5-3-2-4-6-14/h2-6,8,12-13,16-17,20-23H,7,9-11H2,1H3. The third-order valence-electron chi connectivity index (χ3n) is 4.83. The van der Waals surface area contributed by atoms with E-state index in [2.05, 4.69) is 29.6 Å². The van der Waals surface area contributed by atoms with Crippen molar-refractivity contribution in [1.82, 2.24) is 5.32 Å². The van der Waals surface area contributed by atoms with Crippen molar-refractivity contribution in [2.75, 3.05) is 6.26 Å². The van der Waals surface area contributed by atoms with Gasteiger partial charge in [0.25, 0.3) is 0 Å². The zero-order valence-electron chi connectivity index (χ0n) is 14.0. The van der Waals surface area contributed by atoms with Crippen LogP contribution in [-0.2, 0) is 6.42 Å². The van der Waals surface area contributed by atoms with E-state index in [0.717, 1.165) is 36.1 Å². The van der Waals surface area contributed by atoms with Crippen molar-refractivity contribution in [1.29, 1.82) is 0 Å². The molecule has 2 aromatic rings. The highest BCUT2D eigenvalue weighted by Crippen LogP contribution is 2.32. The predicted molar refractivity (Wildman–Crippen MR) is 99.6 cm³/mol. The number of thioether (sulfide) groups is 1. The third-order valence-corrected chi connectivity index (χ3v) is 5.59. The molecule has 0 amide bonds. The molecule has 2 aromatic carbocycles. The molecule has 3 N–H and O–H groups in total. The molecule has 0 aromatic heterocycles. The van der Waals surface area contributed by atoms with Crippen LogP contribution < -0.4 is 5.32 Å². The van der Waals surface area contributed by atoms with Crippen LogP contribution in [0.25, 0.3) is 0 Å². The van der Waals surface area contributed by atoms with Gasteiger partial charge in [-0.1, -0.05) is 36.4 Å². The summed E-state index contributed by atoms with van der Waals surface area (Å²) in [7, 11) is 0. The van der Waals surface area contributed by atoms with Crippen LogP contribution in [-0.4, -0.2) is 28.6 Å². The van der Waals surface area contributed by atoms with Crippen molar-refractivity contribution in [3.63, 3.8) is 0 Å². The molecule has 1 heterocycles. The first-order valence-corrected chi connectivity index (χ1v) is 9.75. The Kier molecular flexibility index (Phi) is 5.82. The minimum atomic E-state index is -0.529. The molecule has 0 bridgehead atoms. The average Bonchev–Trinajstić information content (AvgIpc) is 3.10. The lowest BCUT2D eigenvalue weighted by molar-refractivity contribution is 0.134. The Morgan fingerprint density at radius 2 is 1.96 bits per heavy atom. The van der Waals surface area contributed by atoms with E-state index in [9.17, 15) is 10.2 Å². The minimum absolute atomic E-state index is 0.0880. The number of aliphatic hydroxyl groups is 1. The smallest absolute Gasteiger partial charge is 0.129 e. The lowest BCUT2D eigenvalue weighted by Crippen LogP contribution is -2.34. The largest absolute Gasteiger partial charge is 0.507 e. The molecule has 4 heteroatoms. The minimum Gasteiger partial charge on any atom is -0.507 e. The molecule has 1 aliphatic heterocycles. The van der Waals surface area contributed by atoms with Gasteiger partial charge in [-0.3, -0.25) is 0 Å². The lowest BCUT2D eigenvalue weighted by Gasteiger charge is -2.21. The number of aryl methyl sites for hydroxylation is 1. The SMILES string of the molecule is CSc1cc(C(O)C2CCC(CCc3ccccc3)N2)ccc1O. The Balaban J connectivity index is 1.56. The molecule has 128 valence electrons. The molecule has 1 aliphatic rings. The van der Waals surface area contributed by atoms with Gasteiger partial charge in [-0.15, -0.1) is 11.8 Å². The highest BCUT2D eigenvalue weighted by atomic mass is 32.2. The van der Waals surface area contributed by atoms with E-state index in [0.29, 0.717) is 6.04 Å². The van der Waals surface area contributed by atoms with Gasteiger partial charge in [0.05, 0.1) is 6.10 Å². The molecule has 0 radical (unpaired) electrons. The number of aliphatic hydroxyl groups excluding tert-OH is 1. The van der Waals surface area contributed by atoms with E-state index in [1.165, 1.54) is 17.3 Å². The van der Waals surface area contributed by atoms with Gasteiger partial charge in [-0.05, 0) is 55.2 Å². The van der Waals surface area contributed by atoms with Crippen molar-refractivity contribution in [2.24, 2.45) is 0 Å². The summed E-state index contributed by atoms with van der Waals surface area (Å²) in [6.07, 6.45) is 5.64. The number of hydrogen-bond donors (Lipinski definition) is 3. The Morgan fingerprint density at radius 1 is 1.17 bits per heavy atom. The molecular formula is C20H25NO2S. The predicted octanol–water partition coefficient (Wildman–Crippen LogP) is 3.90. The first kappa shape index (κ1) is 17.3. The molecule has 0 saturated carbocycles. The second-order valence-electron chi connectivity index (χ2n) is 6.45. The molecule has 1 fully saturated rings. The van der Waals surface area contributed by atoms with Crippen molar-refractivity contribution >= 4 is 11.8 Å². The molecule has 0 spiro atoms. The Labute approximate surface area is 148 Å². The molecule has 24 heavy (non-hydrogen) atoms. The number of hydrogen-bond acceptors (Lipinski definition) is 4. The average molecular weight is 343 g/mol. The fourth-order valence-corrected chi connectivity index (χ4v) is 3.95. The summed E-state index contributed by atoms with van der Waals surface area (Å²) in [4.78, 5) is 0.810. The van der Waals surface area contributed by atoms with Gasteiger partial charge in [0.2, 0.25) is 0 Å². The van der Waals surface area contributed by atoms with Crippen molar-refractivity contribution in [2.45, 2.75) is 48.8 Å². The number of phenolic OH excluding ortho intramolecular Hbond substituents is 1. The molecular weight excluding hydrogens is 318 g/mol. The van der Waals surface area contributed by atoms with Gasteiger partial charge in [-0.2, -0.15) is 0 Å². The highest BCUT2D eigenvalue weighted by Gasteiger charge is 2.29. The van der Waals surface area contributed by atoms with Crippen LogP contribution in [0.5, 0.6) is 5.75 Å². The van der Waals surface area contributed by atoms with E-state index >= 15 is 0 Å². The fraction of sp³-hybridized carbons (Fsp3) is 0.400. The van der Waals surface area contributed by atoms with Crippen LogP contribution in [0.3, 0.4) is 0 Å². The summed E-state index contributed by atoms with van der Waals surface area (Å²) >= 11 is 1.49. The van der Waals surface area contributed by atoms with Crippen molar-refractivity contribution in [3.05, 3.63) is 59.7 Å². The second kappa shape index (κ2) is 8.06. The van der Waals surface area contributed by atoms with Gasteiger partial charge in [0, 0.05) is 17.0 Å². The summed E-state index contributed by atoms with van der Waals surface area (Å²) < 4.78 is 0. The van der Waals surface area contributed by atoms with E-state index in [1.807, 2.05) is 24.5 Å². The number of rotatable bonds is 6. The van der Waals surface area contributed by atoms with Crippen LogP contribution in [0.15, 0.2) is 53.4 Å². The first-order chi connectivity index (χ1) is 11.7. The fourth-order valence-electron chi connectivity index (χ4n) is 3.42. The van der Waals surface area contributed by atoms with Crippen molar-refractivity contribution < 1.29 is 10.2 Å². The van der Waals surface area contributed by atoms with Gasteiger partial charge >= 0.3 is 0 Å². The number of phenols is 1. The van der Waals surface area contributed by atoms with Crippen LogP contribution in [0.4, 0.5) is 0 Å². The van der Waals surface area contributed by atoms with E-state index < -0.39 is 6.10 Å². The normalized spacial score (nSPS) is 21.8. The van der Waals surface area contributed by atoms with Gasteiger partial charge in [0.1, 0.15) is 5.75 Å². The second-order valence-corrected chi connectivity index (χ2v) is 7.30. The van der Waals surface area contributed by atoms with Crippen LogP contribution in [0.1, 0.15) is 36.5 Å². The van der Waals surface area contributed by atoms with E-state index in [-0.39, 0.29) is 11.8 Å². The van der Waals surface area contributed by atoms with Gasteiger partial charge < -0.3 is 15.5 Å². The third kappa shape index (κ3) is 4.12. The molecule has 3 rings (SSSR count). The monoisotopic (exact) mass is 343 g/mol. The Bertz CT molecular complexity index is 662. The summed E-state index contributed by atoms with van der Waals surface area (Å²) in [5, 5.41) is 24.1. The van der Waals surface area contributed by atoms with E-state index in [1.54, 1.807) is 6.07 Å². The zero-order valence-corrected chi connectivity index (χ0v) is 14.8. The summed E-state index contributed by atoms with van der Waals surface area (Å²) in [5.41, 5.74) is 2.24. The van der Waals surface area contributed by atoms with Gasteiger partial charge in [-0.25, -0.2) is 0 Å². The van der Waals surface area contributed by atoms with Crippen LogP contribution in [0, 0.1) is 0 Å². The van der Waals surface area contributed by atoms with Crippen LogP contribution in [0.2, 0.25) is 0 Å². The Morgan fingerprint density at radius 3 is 2.71 bits per heavy atom. The number of benzene rings is 2. The molecule has 3 nitrogen and oxygen atoms in total. The molecule has 3 atom stereocenters. The van der Waals surface area contributed by atoms with E-state index in [4.69, 9.17) is 0 Å². The van der Waals surface area contributed by atoms with Gasteiger partial charge in [0.15, 0.2) is 0 Å². The number of nitrogens with one attached hydrogen (secondary N) is 1. The topological polar surface area (TPSA) is 52.5 Å². The molecule has 1 saturated heterocycles. The lowest BCUT2D eigenvalue weighted by atomic mass is 10.0. The highest BCUT2D eigenvalue weighted by molar-refractivity contribution is 7.98. The zero-order chi connectivity index (χ0) is 16.9. The maximum Gasteiger partial charge on any atom is 0.129 e. The quantitative estimate of drug-likeness (QED) is 0.696. The number of aromatic hydroxyl groups is 1. The molecule has 3 unspecified atom stereocenters. The molecule has 0 aliphatic carbocycles. The van der Waals surface area contributed by atoms with Crippen LogP contribution >= 0.6 is 11.8 Å². The maximum atomic E-state index is 10.7. The summed E-state index contributed by atoms with van der Waals surface area (Å²) in [5.74, 6) is 0.276. The Hall–Kier alpha value is -1.49. The summed E-state index contributed by atoms with van der Waals surface area (Å²) in [6, 6.07) is 16.5.